The Kier molecular flexibility index (Phi) is 12.2. The van der Waals surface area contributed by atoms with Gasteiger partial charge in [-0.05, 0) is 109 Å². The zero-order chi connectivity index (χ0) is 39.8. The Hall–Kier alpha value is -3.56. The van der Waals surface area contributed by atoms with Gasteiger partial charge >= 0.3 is 25.3 Å². The van der Waals surface area contributed by atoms with E-state index >= 15 is 0 Å². The molecule has 2 heterocycles. The lowest BCUT2D eigenvalue weighted by Crippen LogP contribution is -2.65. The lowest BCUT2D eigenvalue weighted by molar-refractivity contribution is -0.199. The molecular weight excluding hydrogens is 695 g/mol. The lowest BCUT2D eigenvalue weighted by Gasteiger charge is -2.64. The molecule has 3 aliphatic carbocycles. The van der Waals surface area contributed by atoms with E-state index < -0.39 is 53.9 Å². The number of hydrogen-bond donors (Lipinski definition) is 3. The molecule has 0 spiro atoms. The Morgan fingerprint density at radius 2 is 1.70 bits per heavy atom. The number of piperidine rings is 1. The Bertz CT molecular complexity index is 1550. The van der Waals surface area contributed by atoms with Gasteiger partial charge in [-0.15, -0.1) is 0 Å². The molecule has 3 N–H and O–H groups in total. The van der Waals surface area contributed by atoms with E-state index in [1.54, 1.807) is 32.9 Å². The first kappa shape index (κ1) is 41.6. The molecule has 6 rings (SSSR count). The molecule has 14 nitrogen and oxygen atoms in total. The minimum atomic E-state index is -1.12. The van der Waals surface area contributed by atoms with Crippen molar-refractivity contribution in [3.8, 4) is 5.75 Å². The highest BCUT2D eigenvalue weighted by molar-refractivity contribution is 6.48. The van der Waals surface area contributed by atoms with Crippen LogP contribution in [0.15, 0.2) is 18.2 Å². The van der Waals surface area contributed by atoms with E-state index in [4.69, 9.17) is 23.5 Å². The van der Waals surface area contributed by atoms with Crippen molar-refractivity contribution in [2.45, 2.75) is 129 Å². The van der Waals surface area contributed by atoms with E-state index in [9.17, 15) is 24.3 Å². The minimum absolute atomic E-state index is 0.0135. The maximum absolute atomic E-state index is 14.1. The SMILES string of the molecule is COc1c(CC(NC(=O)CN(C(=O)OC(C)(C)C)C2CCN(CCNC(=O)OC(C)(C)C)CC2)B2OC3CC4CC(C4(C)C)C3(C)O2)cccc1C(=O)O. The third-order valence-corrected chi connectivity index (χ3v) is 11.7. The molecule has 1 aromatic rings. The number of ether oxygens (including phenoxy) is 3. The van der Waals surface area contributed by atoms with Crippen molar-refractivity contribution in [2.75, 3.05) is 39.8 Å². The van der Waals surface area contributed by atoms with Crippen LogP contribution in [-0.4, -0.2) is 121 Å². The molecule has 5 unspecified atom stereocenters. The first-order chi connectivity index (χ1) is 25.1. The number of carbonyl (C=O) groups is 4. The second-order valence-electron chi connectivity index (χ2n) is 18.1. The molecule has 300 valence electrons. The second kappa shape index (κ2) is 15.9. The van der Waals surface area contributed by atoms with Crippen LogP contribution in [0.25, 0.3) is 0 Å². The third-order valence-electron chi connectivity index (χ3n) is 11.7. The van der Waals surface area contributed by atoms with Gasteiger partial charge in [0.15, 0.2) is 0 Å². The predicted molar refractivity (Wildman–Crippen MR) is 202 cm³/mol. The quantitative estimate of drug-likeness (QED) is 0.248. The number of carboxylic acid groups (broad SMARTS) is 1. The van der Waals surface area contributed by atoms with E-state index in [1.807, 2.05) is 20.8 Å². The van der Waals surface area contributed by atoms with Gasteiger partial charge in [-0.25, -0.2) is 14.4 Å². The molecule has 5 fully saturated rings. The van der Waals surface area contributed by atoms with Gasteiger partial charge in [-0.2, -0.15) is 0 Å². The summed E-state index contributed by atoms with van der Waals surface area (Å²) in [7, 11) is 0.609. The topological polar surface area (TPSA) is 165 Å². The van der Waals surface area contributed by atoms with Crippen LogP contribution >= 0.6 is 0 Å². The van der Waals surface area contributed by atoms with Crippen LogP contribution in [0.3, 0.4) is 0 Å². The molecule has 15 heteroatoms. The van der Waals surface area contributed by atoms with Crippen LogP contribution in [0.5, 0.6) is 5.75 Å². The predicted octanol–water partition coefficient (Wildman–Crippen LogP) is 4.91. The van der Waals surface area contributed by atoms with Crippen LogP contribution in [0.1, 0.15) is 104 Å². The molecule has 54 heavy (non-hydrogen) atoms. The molecule has 0 aromatic heterocycles. The average molecular weight is 757 g/mol. The van der Waals surface area contributed by atoms with Gasteiger partial charge in [0.2, 0.25) is 5.91 Å². The molecule has 5 atom stereocenters. The fraction of sp³-hybridized carbons (Fsp3) is 0.744. The standard InChI is InChI=1S/C39H61BN4O10/c1-36(2,3)51-34(48)41-16-19-43-17-14-26(15-18-43)44(35(49)52-37(4,5)6)23-31(45)42-30(20-24-12-11-13-27(33(46)47)32(24)50-10)40-53-29-22-25-21-28(38(25,7)8)39(29,9)54-40/h11-13,25-26,28-30H,14-23H2,1-10H3,(H,41,48)(H,42,45)(H,46,47). The van der Waals surface area contributed by atoms with Gasteiger partial charge < -0.3 is 44.2 Å². The first-order valence-corrected chi connectivity index (χ1v) is 19.3. The van der Waals surface area contributed by atoms with Crippen molar-refractivity contribution in [3.63, 3.8) is 0 Å². The highest BCUT2D eigenvalue weighted by atomic mass is 16.7. The fourth-order valence-corrected chi connectivity index (χ4v) is 8.83. The lowest BCUT2D eigenvalue weighted by atomic mass is 9.43. The van der Waals surface area contributed by atoms with Gasteiger partial charge in [0.25, 0.3) is 0 Å². The van der Waals surface area contributed by atoms with E-state index in [2.05, 4.69) is 36.3 Å². The van der Waals surface area contributed by atoms with Gasteiger partial charge in [0.05, 0.1) is 24.8 Å². The van der Waals surface area contributed by atoms with Crippen molar-refractivity contribution >= 4 is 31.2 Å². The van der Waals surface area contributed by atoms with Crippen molar-refractivity contribution in [1.29, 1.82) is 0 Å². The van der Waals surface area contributed by atoms with Crippen LogP contribution in [-0.2, 0) is 30.0 Å². The van der Waals surface area contributed by atoms with E-state index in [0.717, 1.165) is 12.8 Å². The van der Waals surface area contributed by atoms with E-state index in [0.29, 0.717) is 56.4 Å². The number of alkyl carbamates (subject to hydrolysis) is 1. The van der Waals surface area contributed by atoms with Gasteiger partial charge in [0, 0.05) is 32.2 Å². The van der Waals surface area contributed by atoms with E-state index in [-0.39, 0.29) is 41.8 Å². The number of para-hydroxylation sites is 1. The second-order valence-corrected chi connectivity index (χ2v) is 18.1. The monoisotopic (exact) mass is 756 g/mol. The molecule has 3 amide bonds. The Labute approximate surface area is 320 Å². The Morgan fingerprint density at radius 3 is 2.30 bits per heavy atom. The van der Waals surface area contributed by atoms with E-state index in [1.165, 1.54) is 18.1 Å². The number of benzene rings is 1. The summed E-state index contributed by atoms with van der Waals surface area (Å²) >= 11 is 0. The summed E-state index contributed by atoms with van der Waals surface area (Å²) in [6, 6.07) is 4.64. The molecule has 3 saturated carbocycles. The molecule has 5 aliphatic rings. The summed E-state index contributed by atoms with van der Waals surface area (Å²) in [5.74, 6) is -1.24. The zero-order valence-corrected chi connectivity index (χ0v) is 33.8. The number of amides is 3. The summed E-state index contributed by atoms with van der Waals surface area (Å²) in [5.41, 5.74) is -1.20. The number of nitrogens with zero attached hydrogens (tertiary/aromatic N) is 2. The van der Waals surface area contributed by atoms with Crippen molar-refractivity contribution in [1.82, 2.24) is 20.4 Å². The smallest absolute Gasteiger partial charge is 0.482 e. The number of hydrogen-bond acceptors (Lipinski definition) is 10. The maximum Gasteiger partial charge on any atom is 0.482 e. The molecule has 2 aliphatic heterocycles. The van der Waals surface area contributed by atoms with Gasteiger partial charge in [0.1, 0.15) is 29.1 Å². The Balaban J connectivity index is 1.31. The zero-order valence-electron chi connectivity index (χ0n) is 33.8. The molecule has 1 aromatic carbocycles. The number of carbonyl (C=O) groups excluding carboxylic acids is 3. The van der Waals surface area contributed by atoms with Gasteiger partial charge in [-0.1, -0.05) is 26.0 Å². The summed E-state index contributed by atoms with van der Waals surface area (Å²) in [5, 5.41) is 15.8. The summed E-state index contributed by atoms with van der Waals surface area (Å²) in [6.45, 7) is 19.6. The van der Waals surface area contributed by atoms with Crippen molar-refractivity contribution in [3.05, 3.63) is 29.3 Å². The highest BCUT2D eigenvalue weighted by Crippen LogP contribution is 2.65. The first-order valence-electron chi connectivity index (χ1n) is 19.3. The van der Waals surface area contributed by atoms with Crippen LogP contribution in [0.4, 0.5) is 9.59 Å². The largest absolute Gasteiger partial charge is 0.496 e. The number of aromatic carboxylic acids is 1. The summed E-state index contributed by atoms with van der Waals surface area (Å²) in [6.07, 6.45) is 2.11. The molecular formula is C39H61BN4O10. The molecule has 0 radical (unpaired) electrons. The normalized spacial score (nSPS) is 25.8. The number of rotatable bonds is 12. The Morgan fingerprint density at radius 1 is 1.04 bits per heavy atom. The average Bonchev–Trinajstić information content (AvgIpc) is 3.43. The summed E-state index contributed by atoms with van der Waals surface area (Å²) < 4.78 is 30.1. The maximum atomic E-state index is 14.1. The van der Waals surface area contributed by atoms with Crippen LogP contribution < -0.4 is 15.4 Å². The number of likely N-dealkylation sites (tertiary alicyclic amines) is 1. The fourth-order valence-electron chi connectivity index (χ4n) is 8.83. The van der Waals surface area contributed by atoms with Gasteiger partial charge in [-0.3, -0.25) is 9.69 Å². The number of nitrogens with one attached hydrogen (secondary N) is 2. The number of carboxylic acids is 1. The van der Waals surface area contributed by atoms with Crippen molar-refractivity contribution < 1.29 is 47.8 Å². The minimum Gasteiger partial charge on any atom is -0.496 e. The third kappa shape index (κ3) is 9.45. The summed E-state index contributed by atoms with van der Waals surface area (Å²) in [4.78, 5) is 55.7. The van der Waals surface area contributed by atoms with Crippen molar-refractivity contribution in [2.24, 2.45) is 17.3 Å². The molecule has 2 saturated heterocycles. The molecule has 2 bridgehead atoms. The van der Waals surface area contributed by atoms with Crippen LogP contribution in [0, 0.1) is 17.3 Å². The highest BCUT2D eigenvalue weighted by Gasteiger charge is 2.68. The van der Waals surface area contributed by atoms with Crippen LogP contribution in [0.2, 0.25) is 0 Å². The number of methoxy groups -OCH3 is 1.